The lowest BCUT2D eigenvalue weighted by atomic mass is 10.2. The van der Waals surface area contributed by atoms with Crippen LogP contribution in [-0.2, 0) is 13.7 Å². The third-order valence-corrected chi connectivity index (χ3v) is 5.06. The Bertz CT molecular complexity index is 1190. The fourth-order valence-corrected chi connectivity index (χ4v) is 3.38. The number of anilines is 1. The fourth-order valence-electron chi connectivity index (χ4n) is 2.92. The lowest BCUT2D eigenvalue weighted by Gasteiger charge is -2.10. The van der Waals surface area contributed by atoms with Crippen LogP contribution in [0.5, 0.6) is 5.75 Å². The van der Waals surface area contributed by atoms with Crippen molar-refractivity contribution in [2.75, 3.05) is 5.43 Å². The number of nitrogens with one attached hydrogen (secondary N) is 1. The highest BCUT2D eigenvalue weighted by molar-refractivity contribution is 6.35. The molecule has 0 aliphatic rings. The molecule has 0 radical (unpaired) electrons. The summed E-state index contributed by atoms with van der Waals surface area (Å²) in [5, 5.41) is 5.50. The molecular weight excluding hydrogens is 407 g/mol. The van der Waals surface area contributed by atoms with Crippen molar-refractivity contribution >= 4 is 46.4 Å². The number of hydrogen-bond donors (Lipinski definition) is 1. The first-order chi connectivity index (χ1) is 14.1. The molecule has 3 aromatic carbocycles. The van der Waals surface area contributed by atoms with E-state index in [0.717, 1.165) is 22.2 Å². The van der Waals surface area contributed by atoms with Crippen LogP contribution >= 0.6 is 23.2 Å². The third kappa shape index (κ3) is 4.36. The molecule has 4 rings (SSSR count). The maximum absolute atomic E-state index is 6.23. The van der Waals surface area contributed by atoms with Crippen molar-refractivity contribution in [3.8, 4) is 5.75 Å². The SMILES string of the molecule is Cn1c(N/N=C\c2ccccc2OCc2ccc(Cl)cc2Cl)nc2ccccc21. The van der Waals surface area contributed by atoms with Crippen LogP contribution in [0.25, 0.3) is 11.0 Å². The number of halogens is 2. The molecular formula is C22H18Cl2N4O. The van der Waals surface area contributed by atoms with E-state index >= 15 is 0 Å². The first-order valence-electron chi connectivity index (χ1n) is 8.98. The molecule has 1 N–H and O–H groups in total. The second kappa shape index (κ2) is 8.55. The van der Waals surface area contributed by atoms with Gasteiger partial charge in [-0.2, -0.15) is 5.10 Å². The fraction of sp³-hybridized carbons (Fsp3) is 0.0909. The second-order valence-electron chi connectivity index (χ2n) is 6.42. The van der Waals surface area contributed by atoms with Gasteiger partial charge in [0.1, 0.15) is 12.4 Å². The summed E-state index contributed by atoms with van der Waals surface area (Å²) in [5.74, 6) is 1.36. The van der Waals surface area contributed by atoms with E-state index in [0.29, 0.717) is 28.3 Å². The predicted octanol–water partition coefficient (Wildman–Crippen LogP) is 5.91. The topological polar surface area (TPSA) is 51.4 Å². The maximum atomic E-state index is 6.23. The highest BCUT2D eigenvalue weighted by Gasteiger charge is 2.07. The van der Waals surface area contributed by atoms with E-state index in [1.54, 1.807) is 18.3 Å². The van der Waals surface area contributed by atoms with Gasteiger partial charge in [-0.15, -0.1) is 0 Å². The smallest absolute Gasteiger partial charge is 0.224 e. The molecule has 0 atom stereocenters. The molecule has 0 spiro atoms. The number of hydrazone groups is 1. The Morgan fingerprint density at radius 3 is 2.69 bits per heavy atom. The van der Waals surface area contributed by atoms with Crippen LogP contribution in [0.2, 0.25) is 10.0 Å². The number of rotatable bonds is 6. The first kappa shape index (κ1) is 19.3. The number of fused-ring (bicyclic) bond motifs is 1. The van der Waals surface area contributed by atoms with Crippen LogP contribution < -0.4 is 10.2 Å². The van der Waals surface area contributed by atoms with Crippen molar-refractivity contribution < 1.29 is 4.74 Å². The summed E-state index contributed by atoms with van der Waals surface area (Å²) in [6.07, 6.45) is 1.71. The minimum Gasteiger partial charge on any atom is -0.488 e. The van der Waals surface area contributed by atoms with Gasteiger partial charge in [0, 0.05) is 28.2 Å². The van der Waals surface area contributed by atoms with Gasteiger partial charge < -0.3 is 9.30 Å². The lowest BCUT2D eigenvalue weighted by molar-refractivity contribution is 0.306. The number of para-hydroxylation sites is 3. The quantitative estimate of drug-likeness (QED) is 0.309. The van der Waals surface area contributed by atoms with Crippen LogP contribution in [0.4, 0.5) is 5.95 Å². The highest BCUT2D eigenvalue weighted by atomic mass is 35.5. The van der Waals surface area contributed by atoms with E-state index in [1.165, 1.54) is 0 Å². The summed E-state index contributed by atoms with van der Waals surface area (Å²) in [5.41, 5.74) is 6.64. The molecule has 0 saturated heterocycles. The van der Waals surface area contributed by atoms with Gasteiger partial charge in [-0.1, -0.05) is 53.5 Å². The predicted molar refractivity (Wildman–Crippen MR) is 119 cm³/mol. The summed E-state index contributed by atoms with van der Waals surface area (Å²) in [7, 11) is 1.94. The molecule has 0 unspecified atom stereocenters. The summed E-state index contributed by atoms with van der Waals surface area (Å²) >= 11 is 12.2. The molecule has 1 heterocycles. The molecule has 0 saturated carbocycles. The Kier molecular flexibility index (Phi) is 5.69. The number of ether oxygens (including phenoxy) is 1. The van der Waals surface area contributed by atoms with Gasteiger partial charge in [0.05, 0.1) is 17.2 Å². The first-order valence-corrected chi connectivity index (χ1v) is 9.74. The molecule has 29 heavy (non-hydrogen) atoms. The van der Waals surface area contributed by atoms with Crippen molar-refractivity contribution in [2.24, 2.45) is 12.1 Å². The number of aryl methyl sites for hydroxylation is 1. The van der Waals surface area contributed by atoms with Gasteiger partial charge >= 0.3 is 0 Å². The summed E-state index contributed by atoms with van der Waals surface area (Å²) in [6.45, 7) is 0.332. The summed E-state index contributed by atoms with van der Waals surface area (Å²) in [4.78, 5) is 4.54. The molecule has 0 aliphatic carbocycles. The standard InChI is InChI=1S/C22H18Cl2N4O/c1-28-20-8-4-3-7-19(20)26-22(28)27-25-13-15-6-2-5-9-21(15)29-14-16-10-11-17(23)12-18(16)24/h2-13H,14H2,1H3,(H,26,27)/b25-13-. The minimum absolute atomic E-state index is 0.332. The molecule has 0 aliphatic heterocycles. The molecule has 4 aromatic rings. The Morgan fingerprint density at radius 2 is 1.86 bits per heavy atom. The van der Waals surface area contributed by atoms with E-state index in [1.807, 2.05) is 66.2 Å². The van der Waals surface area contributed by atoms with Crippen molar-refractivity contribution in [1.82, 2.24) is 9.55 Å². The Balaban J connectivity index is 1.48. The van der Waals surface area contributed by atoms with Crippen LogP contribution in [0.3, 0.4) is 0 Å². The van der Waals surface area contributed by atoms with Crippen molar-refractivity contribution in [3.63, 3.8) is 0 Å². The molecule has 7 heteroatoms. The van der Waals surface area contributed by atoms with Gasteiger partial charge in [-0.25, -0.2) is 10.4 Å². The third-order valence-electron chi connectivity index (χ3n) is 4.47. The molecule has 146 valence electrons. The molecule has 0 amide bonds. The lowest BCUT2D eigenvalue weighted by Crippen LogP contribution is -2.01. The molecule has 0 bridgehead atoms. The largest absolute Gasteiger partial charge is 0.488 e. The normalized spacial score (nSPS) is 11.3. The number of benzene rings is 3. The zero-order valence-electron chi connectivity index (χ0n) is 15.6. The van der Waals surface area contributed by atoms with Gasteiger partial charge in [-0.05, 0) is 36.4 Å². The van der Waals surface area contributed by atoms with E-state index in [9.17, 15) is 0 Å². The number of imidazole rings is 1. The van der Waals surface area contributed by atoms with Gasteiger partial charge in [-0.3, -0.25) is 0 Å². The van der Waals surface area contributed by atoms with Crippen LogP contribution in [-0.4, -0.2) is 15.8 Å². The number of aromatic nitrogens is 2. The zero-order valence-corrected chi connectivity index (χ0v) is 17.2. The van der Waals surface area contributed by atoms with E-state index < -0.39 is 0 Å². The van der Waals surface area contributed by atoms with Crippen LogP contribution in [0.15, 0.2) is 71.8 Å². The Labute approximate surface area is 178 Å². The van der Waals surface area contributed by atoms with Crippen molar-refractivity contribution in [3.05, 3.63) is 87.9 Å². The molecule has 5 nitrogen and oxygen atoms in total. The maximum Gasteiger partial charge on any atom is 0.224 e. The van der Waals surface area contributed by atoms with Crippen LogP contribution in [0.1, 0.15) is 11.1 Å². The Morgan fingerprint density at radius 1 is 1.07 bits per heavy atom. The summed E-state index contributed by atoms with van der Waals surface area (Å²) in [6, 6.07) is 20.9. The van der Waals surface area contributed by atoms with Gasteiger partial charge in [0.25, 0.3) is 0 Å². The van der Waals surface area contributed by atoms with Crippen molar-refractivity contribution in [2.45, 2.75) is 6.61 Å². The van der Waals surface area contributed by atoms with Crippen LogP contribution in [0, 0.1) is 0 Å². The Hall–Kier alpha value is -3.02. The monoisotopic (exact) mass is 424 g/mol. The average molecular weight is 425 g/mol. The molecule has 1 aromatic heterocycles. The number of hydrogen-bond acceptors (Lipinski definition) is 4. The van der Waals surface area contributed by atoms with Gasteiger partial charge in [0.2, 0.25) is 5.95 Å². The minimum atomic E-state index is 0.332. The van der Waals surface area contributed by atoms with E-state index in [-0.39, 0.29) is 0 Å². The van der Waals surface area contributed by atoms with Gasteiger partial charge in [0.15, 0.2) is 0 Å². The van der Waals surface area contributed by atoms with E-state index in [2.05, 4.69) is 15.5 Å². The zero-order chi connectivity index (χ0) is 20.2. The molecule has 0 fully saturated rings. The van der Waals surface area contributed by atoms with Crippen molar-refractivity contribution in [1.29, 1.82) is 0 Å². The number of nitrogens with zero attached hydrogens (tertiary/aromatic N) is 3. The second-order valence-corrected chi connectivity index (χ2v) is 7.26. The highest BCUT2D eigenvalue weighted by Crippen LogP contribution is 2.24. The average Bonchev–Trinajstić information content (AvgIpc) is 3.04. The summed E-state index contributed by atoms with van der Waals surface area (Å²) < 4.78 is 7.91. The van der Waals surface area contributed by atoms with E-state index in [4.69, 9.17) is 27.9 Å².